The van der Waals surface area contributed by atoms with Gasteiger partial charge in [0.25, 0.3) is 0 Å². The molecule has 1 atom stereocenters. The average molecular weight is 328 g/mol. The van der Waals surface area contributed by atoms with Crippen molar-refractivity contribution < 1.29 is 13.9 Å². The Kier molecular flexibility index (Phi) is 4.16. The summed E-state index contributed by atoms with van der Waals surface area (Å²) in [4.78, 5) is 22.6. The highest BCUT2D eigenvalue weighted by atomic mass is 19.1. The van der Waals surface area contributed by atoms with Gasteiger partial charge in [-0.2, -0.15) is 0 Å². The molecule has 124 valence electrons. The molecule has 0 saturated carbocycles. The fourth-order valence-corrected chi connectivity index (χ4v) is 2.51. The van der Waals surface area contributed by atoms with Gasteiger partial charge in [0.2, 0.25) is 11.8 Å². The van der Waals surface area contributed by atoms with Crippen LogP contribution in [0.15, 0.2) is 30.6 Å². The summed E-state index contributed by atoms with van der Waals surface area (Å²) in [6.45, 7) is 1.76. The molecule has 0 aliphatic heterocycles. The molecule has 7 heteroatoms. The number of primary amides is 1. The zero-order valence-electron chi connectivity index (χ0n) is 13.3. The van der Waals surface area contributed by atoms with Crippen LogP contribution in [0, 0.1) is 11.7 Å². The van der Waals surface area contributed by atoms with Gasteiger partial charge in [0, 0.05) is 28.1 Å². The summed E-state index contributed by atoms with van der Waals surface area (Å²) in [5.74, 6) is -0.692. The fourth-order valence-electron chi connectivity index (χ4n) is 2.51. The predicted molar refractivity (Wildman–Crippen MR) is 87.9 cm³/mol. The van der Waals surface area contributed by atoms with Crippen LogP contribution in [-0.4, -0.2) is 28.0 Å². The predicted octanol–water partition coefficient (Wildman–Crippen LogP) is 2.44. The molecule has 3 rings (SSSR count). The summed E-state index contributed by atoms with van der Waals surface area (Å²) in [6.07, 6.45) is 3.37. The number of amides is 1. The number of benzene rings is 1. The first-order valence-corrected chi connectivity index (χ1v) is 7.44. The topological polar surface area (TPSA) is 93.9 Å². The highest BCUT2D eigenvalue weighted by Crippen LogP contribution is 2.27. The average Bonchev–Trinajstić information content (AvgIpc) is 2.95. The third kappa shape index (κ3) is 3.05. The molecule has 1 amide bonds. The lowest BCUT2D eigenvalue weighted by Crippen LogP contribution is -2.22. The van der Waals surface area contributed by atoms with Gasteiger partial charge in [-0.15, -0.1) is 0 Å². The molecule has 2 heterocycles. The molecule has 6 nitrogen and oxygen atoms in total. The molecule has 0 aliphatic carbocycles. The third-order valence-electron chi connectivity index (χ3n) is 3.89. The highest BCUT2D eigenvalue weighted by molar-refractivity contribution is 5.85. The molecule has 2 aromatic heterocycles. The van der Waals surface area contributed by atoms with Crippen molar-refractivity contribution in [3.05, 3.63) is 42.1 Å². The van der Waals surface area contributed by atoms with Crippen molar-refractivity contribution in [2.75, 3.05) is 7.11 Å². The molecule has 1 aromatic carbocycles. The Bertz CT molecular complexity index is 889. The van der Waals surface area contributed by atoms with Crippen LogP contribution in [0.4, 0.5) is 4.39 Å². The number of halogens is 1. The van der Waals surface area contributed by atoms with Crippen LogP contribution < -0.4 is 10.5 Å². The minimum absolute atomic E-state index is 0.296. The van der Waals surface area contributed by atoms with Crippen molar-refractivity contribution in [3.63, 3.8) is 0 Å². The SMILES string of the molecule is COc1cnc(-c2cc3[nH]c(CC(C)C(N)=O)cc3cc2F)cn1. The van der Waals surface area contributed by atoms with E-state index in [4.69, 9.17) is 10.5 Å². The molecule has 24 heavy (non-hydrogen) atoms. The van der Waals surface area contributed by atoms with Crippen LogP contribution in [0.3, 0.4) is 0 Å². The van der Waals surface area contributed by atoms with E-state index in [2.05, 4.69) is 15.0 Å². The van der Waals surface area contributed by atoms with Crippen LogP contribution >= 0.6 is 0 Å². The van der Waals surface area contributed by atoms with Crippen molar-refractivity contribution in [1.82, 2.24) is 15.0 Å². The normalized spacial score (nSPS) is 12.3. The van der Waals surface area contributed by atoms with Crippen molar-refractivity contribution >= 4 is 16.8 Å². The zero-order chi connectivity index (χ0) is 17.3. The summed E-state index contributed by atoms with van der Waals surface area (Å²) in [5, 5.41) is 0.726. The van der Waals surface area contributed by atoms with Gasteiger partial charge in [0.15, 0.2) is 0 Å². The lowest BCUT2D eigenvalue weighted by Gasteiger charge is -2.04. The molecular weight excluding hydrogens is 311 g/mol. The second kappa shape index (κ2) is 6.27. The molecule has 0 aliphatic rings. The first-order valence-electron chi connectivity index (χ1n) is 7.44. The maximum absolute atomic E-state index is 14.4. The summed E-state index contributed by atoms with van der Waals surface area (Å²) in [5.41, 5.74) is 7.63. The molecule has 3 N–H and O–H groups in total. The van der Waals surface area contributed by atoms with E-state index in [0.29, 0.717) is 23.6 Å². The minimum atomic E-state index is -0.393. The molecule has 0 radical (unpaired) electrons. The summed E-state index contributed by atoms with van der Waals surface area (Å²) >= 11 is 0. The van der Waals surface area contributed by atoms with Crippen LogP contribution in [0.1, 0.15) is 12.6 Å². The third-order valence-corrected chi connectivity index (χ3v) is 3.89. The number of nitrogens with one attached hydrogen (secondary N) is 1. The van der Waals surface area contributed by atoms with Gasteiger partial charge in [-0.25, -0.2) is 14.4 Å². The minimum Gasteiger partial charge on any atom is -0.480 e. The maximum atomic E-state index is 14.4. The molecule has 0 fully saturated rings. The molecule has 0 saturated heterocycles. The number of fused-ring (bicyclic) bond motifs is 1. The van der Waals surface area contributed by atoms with Crippen molar-refractivity contribution in [1.29, 1.82) is 0 Å². The van der Waals surface area contributed by atoms with Crippen molar-refractivity contribution in [2.45, 2.75) is 13.3 Å². The second-order valence-corrected chi connectivity index (χ2v) is 5.67. The summed E-state index contributed by atoms with van der Waals surface area (Å²) in [6, 6.07) is 4.94. The Labute approximate surface area is 137 Å². The van der Waals surface area contributed by atoms with Gasteiger partial charge in [-0.3, -0.25) is 4.79 Å². The Morgan fingerprint density at radius 1 is 1.33 bits per heavy atom. The van der Waals surface area contributed by atoms with E-state index >= 15 is 0 Å². The van der Waals surface area contributed by atoms with E-state index in [9.17, 15) is 9.18 Å². The van der Waals surface area contributed by atoms with Crippen LogP contribution in [-0.2, 0) is 11.2 Å². The largest absolute Gasteiger partial charge is 0.480 e. The second-order valence-electron chi connectivity index (χ2n) is 5.67. The molecule has 3 aromatic rings. The van der Waals surface area contributed by atoms with Gasteiger partial charge < -0.3 is 15.5 Å². The number of nitrogens with zero attached hydrogens (tertiary/aromatic N) is 2. The van der Waals surface area contributed by atoms with Crippen molar-refractivity contribution in [2.24, 2.45) is 11.7 Å². The van der Waals surface area contributed by atoms with E-state index in [0.717, 1.165) is 16.6 Å². The Morgan fingerprint density at radius 2 is 2.12 bits per heavy atom. The van der Waals surface area contributed by atoms with E-state index in [1.807, 2.05) is 6.07 Å². The van der Waals surface area contributed by atoms with Crippen LogP contribution in [0.2, 0.25) is 0 Å². The number of carbonyl (C=O) groups excluding carboxylic acids is 1. The fraction of sp³-hybridized carbons (Fsp3) is 0.235. The van der Waals surface area contributed by atoms with Gasteiger partial charge in [0.1, 0.15) is 5.82 Å². The molecule has 1 unspecified atom stereocenters. The number of nitrogens with two attached hydrogens (primary N) is 1. The van der Waals surface area contributed by atoms with E-state index in [1.165, 1.54) is 25.6 Å². The first kappa shape index (κ1) is 15.9. The number of carbonyl (C=O) groups is 1. The zero-order valence-corrected chi connectivity index (χ0v) is 13.3. The lowest BCUT2D eigenvalue weighted by molar-refractivity contribution is -0.121. The number of ether oxygens (including phenoxy) is 1. The molecule has 0 spiro atoms. The Balaban J connectivity index is 1.98. The van der Waals surface area contributed by atoms with E-state index in [-0.39, 0.29) is 11.8 Å². The van der Waals surface area contributed by atoms with Crippen LogP contribution in [0.25, 0.3) is 22.2 Å². The highest BCUT2D eigenvalue weighted by Gasteiger charge is 2.14. The van der Waals surface area contributed by atoms with Gasteiger partial charge in [-0.05, 0) is 24.6 Å². The molecular formula is C17H17FN4O2. The van der Waals surface area contributed by atoms with Crippen molar-refractivity contribution in [3.8, 4) is 17.1 Å². The molecule has 0 bridgehead atoms. The standard InChI is InChI=1S/C17H17FN4O2/c1-9(17(19)23)3-11-4-10-5-13(18)12(6-14(10)22-11)15-7-21-16(24-2)8-20-15/h4-9,22H,3H2,1-2H3,(H2,19,23). The number of hydrogen-bond acceptors (Lipinski definition) is 4. The maximum Gasteiger partial charge on any atom is 0.232 e. The number of H-pyrrole nitrogens is 1. The van der Waals surface area contributed by atoms with Crippen LogP contribution in [0.5, 0.6) is 5.88 Å². The number of hydrogen-bond donors (Lipinski definition) is 2. The lowest BCUT2D eigenvalue weighted by atomic mass is 10.1. The summed E-state index contributed by atoms with van der Waals surface area (Å²) in [7, 11) is 1.49. The van der Waals surface area contributed by atoms with Gasteiger partial charge in [0.05, 0.1) is 25.2 Å². The van der Waals surface area contributed by atoms with E-state index in [1.54, 1.807) is 13.0 Å². The number of aromatic nitrogens is 3. The number of aromatic amines is 1. The smallest absolute Gasteiger partial charge is 0.232 e. The summed E-state index contributed by atoms with van der Waals surface area (Å²) < 4.78 is 19.4. The number of rotatable bonds is 5. The Hall–Kier alpha value is -2.96. The first-order chi connectivity index (χ1) is 11.5. The van der Waals surface area contributed by atoms with E-state index < -0.39 is 5.82 Å². The Morgan fingerprint density at radius 3 is 2.75 bits per heavy atom. The van der Waals surface area contributed by atoms with Gasteiger partial charge in [-0.1, -0.05) is 6.92 Å². The number of methoxy groups -OCH3 is 1. The van der Waals surface area contributed by atoms with Gasteiger partial charge >= 0.3 is 0 Å². The monoisotopic (exact) mass is 328 g/mol. The quantitative estimate of drug-likeness (QED) is 0.752.